The number of rotatable bonds is 5. The van der Waals surface area contributed by atoms with E-state index in [0.29, 0.717) is 0 Å². The molecule has 0 fully saturated rings. The lowest BCUT2D eigenvalue weighted by molar-refractivity contribution is -0.125. The summed E-state index contributed by atoms with van der Waals surface area (Å²) >= 11 is 0. The number of ether oxygens (including phenoxy) is 1. The van der Waals surface area contributed by atoms with E-state index in [0.717, 1.165) is 11.3 Å². The van der Waals surface area contributed by atoms with Gasteiger partial charge < -0.3 is 15.8 Å². The summed E-state index contributed by atoms with van der Waals surface area (Å²) < 4.78 is 5.16. The molecule has 0 aliphatic heterocycles. The molecule has 1 aromatic carbocycles. The Hall–Kier alpha value is -1.26. The molecule has 1 amide bonds. The summed E-state index contributed by atoms with van der Waals surface area (Å²) in [6.07, 6.45) is 0. The smallest absolute Gasteiger partial charge is 0.224 e. The van der Waals surface area contributed by atoms with E-state index < -0.39 is 0 Å². The topological polar surface area (TPSA) is 64.3 Å². The van der Waals surface area contributed by atoms with E-state index >= 15 is 0 Å². The van der Waals surface area contributed by atoms with E-state index in [9.17, 15) is 4.79 Å². The summed E-state index contributed by atoms with van der Waals surface area (Å²) in [5.74, 6) is 0.562. The van der Waals surface area contributed by atoms with Gasteiger partial charge in [0.05, 0.1) is 13.2 Å². The number of benzene rings is 1. The first-order chi connectivity index (χ1) is 8.45. The van der Waals surface area contributed by atoms with E-state index in [1.54, 1.807) is 7.11 Å². The molecule has 3 atom stereocenters. The van der Waals surface area contributed by atoms with Gasteiger partial charge in [0, 0.05) is 12.0 Å². The number of hydrogen-bond acceptors (Lipinski definition) is 3. The van der Waals surface area contributed by atoms with Crippen molar-refractivity contribution >= 4 is 18.3 Å². The van der Waals surface area contributed by atoms with Crippen LogP contribution in [0.25, 0.3) is 0 Å². The third-order valence-electron chi connectivity index (χ3n) is 3.15. The van der Waals surface area contributed by atoms with Crippen LogP contribution in [0, 0.1) is 5.92 Å². The molecule has 1 rings (SSSR count). The van der Waals surface area contributed by atoms with E-state index in [-0.39, 0.29) is 36.3 Å². The Bertz CT molecular complexity index is 410. The van der Waals surface area contributed by atoms with E-state index in [2.05, 4.69) is 5.32 Å². The minimum absolute atomic E-state index is 0. The van der Waals surface area contributed by atoms with Gasteiger partial charge in [-0.1, -0.05) is 19.1 Å². The van der Waals surface area contributed by atoms with Crippen LogP contribution < -0.4 is 15.8 Å². The molecule has 1 aromatic rings. The van der Waals surface area contributed by atoms with Gasteiger partial charge in [-0.05, 0) is 31.5 Å². The van der Waals surface area contributed by atoms with Crippen molar-refractivity contribution < 1.29 is 9.53 Å². The molecule has 0 radical (unpaired) electrons. The number of hydrogen-bond donors (Lipinski definition) is 2. The van der Waals surface area contributed by atoms with Gasteiger partial charge in [0.1, 0.15) is 5.75 Å². The Morgan fingerprint density at radius 2 is 1.95 bits per heavy atom. The van der Waals surface area contributed by atoms with Crippen LogP contribution in [-0.4, -0.2) is 19.1 Å². The Kier molecular flexibility index (Phi) is 7.49. The second kappa shape index (κ2) is 8.02. The van der Waals surface area contributed by atoms with E-state index in [1.807, 2.05) is 45.0 Å². The molecule has 0 aliphatic carbocycles. The number of carbonyl (C=O) groups is 1. The van der Waals surface area contributed by atoms with Crippen LogP contribution in [0.1, 0.15) is 32.4 Å². The molecule has 0 aliphatic rings. The monoisotopic (exact) mass is 286 g/mol. The quantitative estimate of drug-likeness (QED) is 0.873. The zero-order valence-corrected chi connectivity index (χ0v) is 12.7. The molecule has 108 valence electrons. The van der Waals surface area contributed by atoms with Gasteiger partial charge in [0.2, 0.25) is 5.91 Å². The van der Waals surface area contributed by atoms with Crippen LogP contribution in [0.2, 0.25) is 0 Å². The minimum atomic E-state index is -0.196. The predicted octanol–water partition coefficient (Wildman–Crippen LogP) is 2.28. The SMILES string of the molecule is COc1cccc(C(C)NC(=O)C(C)C(C)N)c1.Cl. The van der Waals surface area contributed by atoms with Crippen LogP contribution in [-0.2, 0) is 4.79 Å². The fraction of sp³-hybridized carbons (Fsp3) is 0.500. The number of nitrogens with one attached hydrogen (secondary N) is 1. The Balaban J connectivity index is 0.00000324. The first-order valence-electron chi connectivity index (χ1n) is 6.15. The van der Waals surface area contributed by atoms with Gasteiger partial charge in [0.15, 0.2) is 0 Å². The largest absolute Gasteiger partial charge is 0.497 e. The predicted molar refractivity (Wildman–Crippen MR) is 79.6 cm³/mol. The number of nitrogens with two attached hydrogens (primary N) is 1. The fourth-order valence-corrected chi connectivity index (χ4v) is 1.58. The fourth-order valence-electron chi connectivity index (χ4n) is 1.58. The second-order valence-electron chi connectivity index (χ2n) is 4.65. The van der Waals surface area contributed by atoms with Gasteiger partial charge in [-0.3, -0.25) is 4.79 Å². The van der Waals surface area contributed by atoms with Crippen molar-refractivity contribution in [3.8, 4) is 5.75 Å². The maximum absolute atomic E-state index is 11.9. The molecule has 5 heteroatoms. The zero-order chi connectivity index (χ0) is 13.7. The Labute approximate surface area is 121 Å². The van der Waals surface area contributed by atoms with Crippen LogP contribution in [0.4, 0.5) is 0 Å². The van der Waals surface area contributed by atoms with Crippen molar-refractivity contribution in [2.45, 2.75) is 32.9 Å². The van der Waals surface area contributed by atoms with Gasteiger partial charge in [-0.25, -0.2) is 0 Å². The van der Waals surface area contributed by atoms with E-state index in [1.165, 1.54) is 0 Å². The summed E-state index contributed by atoms with van der Waals surface area (Å²) in [7, 11) is 1.63. The van der Waals surface area contributed by atoms with Gasteiger partial charge in [-0.2, -0.15) is 0 Å². The molecule has 0 spiro atoms. The van der Waals surface area contributed by atoms with E-state index in [4.69, 9.17) is 10.5 Å². The van der Waals surface area contributed by atoms with Crippen LogP contribution in [0.15, 0.2) is 24.3 Å². The molecule has 19 heavy (non-hydrogen) atoms. The average molecular weight is 287 g/mol. The van der Waals surface area contributed by atoms with Gasteiger partial charge in [-0.15, -0.1) is 12.4 Å². The first-order valence-corrected chi connectivity index (χ1v) is 6.15. The molecular formula is C14H23ClN2O2. The molecule has 3 unspecified atom stereocenters. The van der Waals surface area contributed by atoms with Crippen molar-refractivity contribution in [1.29, 1.82) is 0 Å². The lowest BCUT2D eigenvalue weighted by Crippen LogP contribution is -2.39. The third-order valence-corrected chi connectivity index (χ3v) is 3.15. The molecule has 4 nitrogen and oxygen atoms in total. The standard InChI is InChI=1S/C14H22N2O2.ClH/c1-9(10(2)15)14(17)16-11(3)12-6-5-7-13(8-12)18-4;/h5-11H,15H2,1-4H3,(H,16,17);1H. The van der Waals surface area contributed by atoms with Gasteiger partial charge >= 0.3 is 0 Å². The Morgan fingerprint density at radius 1 is 1.32 bits per heavy atom. The third kappa shape index (κ3) is 5.09. The molecule has 0 aromatic heterocycles. The highest BCUT2D eigenvalue weighted by Crippen LogP contribution is 2.19. The molecule has 3 N–H and O–H groups in total. The summed E-state index contributed by atoms with van der Waals surface area (Å²) in [5, 5.41) is 2.95. The van der Waals surface area contributed by atoms with Crippen LogP contribution in [0.3, 0.4) is 0 Å². The van der Waals surface area contributed by atoms with Crippen LogP contribution >= 0.6 is 12.4 Å². The molecule has 0 bridgehead atoms. The normalized spacial score (nSPS) is 14.8. The maximum atomic E-state index is 11.9. The summed E-state index contributed by atoms with van der Waals surface area (Å²) in [5.41, 5.74) is 6.73. The maximum Gasteiger partial charge on any atom is 0.224 e. The van der Waals surface area contributed by atoms with Crippen molar-refractivity contribution in [1.82, 2.24) is 5.32 Å². The highest BCUT2D eigenvalue weighted by Gasteiger charge is 2.19. The van der Waals surface area contributed by atoms with Crippen molar-refractivity contribution in [3.05, 3.63) is 29.8 Å². The minimum Gasteiger partial charge on any atom is -0.497 e. The number of methoxy groups -OCH3 is 1. The summed E-state index contributed by atoms with van der Waals surface area (Å²) in [6.45, 7) is 5.61. The summed E-state index contributed by atoms with van der Waals surface area (Å²) in [4.78, 5) is 11.9. The molecule has 0 saturated heterocycles. The van der Waals surface area contributed by atoms with Crippen molar-refractivity contribution in [2.75, 3.05) is 7.11 Å². The summed E-state index contributed by atoms with van der Waals surface area (Å²) in [6, 6.07) is 7.45. The van der Waals surface area contributed by atoms with Crippen LogP contribution in [0.5, 0.6) is 5.75 Å². The number of carbonyl (C=O) groups excluding carboxylic acids is 1. The van der Waals surface area contributed by atoms with Crippen molar-refractivity contribution in [3.63, 3.8) is 0 Å². The van der Waals surface area contributed by atoms with Gasteiger partial charge in [0.25, 0.3) is 0 Å². The highest BCUT2D eigenvalue weighted by molar-refractivity contribution is 5.85. The highest BCUT2D eigenvalue weighted by atomic mass is 35.5. The Morgan fingerprint density at radius 3 is 2.47 bits per heavy atom. The van der Waals surface area contributed by atoms with Crippen molar-refractivity contribution in [2.24, 2.45) is 11.7 Å². The molecule has 0 heterocycles. The number of amides is 1. The second-order valence-corrected chi connectivity index (χ2v) is 4.65. The molecular weight excluding hydrogens is 264 g/mol. The first kappa shape index (κ1) is 17.7. The number of halogens is 1. The zero-order valence-electron chi connectivity index (χ0n) is 11.8. The lowest BCUT2D eigenvalue weighted by atomic mass is 10.0. The molecule has 0 saturated carbocycles. The average Bonchev–Trinajstić information content (AvgIpc) is 2.37. The lowest BCUT2D eigenvalue weighted by Gasteiger charge is -2.20.